The summed E-state index contributed by atoms with van der Waals surface area (Å²) >= 11 is 0. The van der Waals surface area contributed by atoms with E-state index in [1.807, 2.05) is 0 Å². The van der Waals surface area contributed by atoms with Gasteiger partial charge in [-0.05, 0) is 31.0 Å². The number of amides is 1. The Bertz CT molecular complexity index is 542. The van der Waals surface area contributed by atoms with Crippen LogP contribution in [0, 0.1) is 5.82 Å². The van der Waals surface area contributed by atoms with Crippen LogP contribution in [-0.2, 0) is 9.47 Å². The van der Waals surface area contributed by atoms with Crippen LogP contribution < -0.4 is 5.32 Å². The molecular formula is C15H18FNO4. The van der Waals surface area contributed by atoms with Crippen molar-refractivity contribution in [3.05, 3.63) is 29.6 Å². The molecule has 1 aromatic carbocycles. The van der Waals surface area contributed by atoms with E-state index in [2.05, 4.69) is 5.32 Å². The second-order valence-electron chi connectivity index (χ2n) is 5.54. The van der Waals surface area contributed by atoms with Gasteiger partial charge in [0.05, 0.1) is 12.2 Å². The zero-order chi connectivity index (χ0) is 14.9. The van der Waals surface area contributed by atoms with Gasteiger partial charge < -0.3 is 19.9 Å². The third kappa shape index (κ3) is 3.01. The van der Waals surface area contributed by atoms with Crippen LogP contribution in [0.15, 0.2) is 18.2 Å². The SMILES string of the molecule is O=C(NCC1COC2(CCCC2)O1)c1cc(F)ccc1O. The monoisotopic (exact) mass is 295 g/mol. The Hall–Kier alpha value is -1.66. The second kappa shape index (κ2) is 5.61. The molecule has 6 heteroatoms. The lowest BCUT2D eigenvalue weighted by atomic mass is 10.2. The number of aromatic hydroxyl groups is 1. The Kier molecular flexibility index (Phi) is 3.82. The molecule has 1 heterocycles. The van der Waals surface area contributed by atoms with Gasteiger partial charge in [-0.15, -0.1) is 0 Å². The fourth-order valence-corrected chi connectivity index (χ4v) is 2.88. The Morgan fingerprint density at radius 3 is 2.95 bits per heavy atom. The minimum absolute atomic E-state index is 0.0792. The molecule has 2 N–H and O–H groups in total. The van der Waals surface area contributed by atoms with Gasteiger partial charge in [0.15, 0.2) is 5.79 Å². The number of carbonyl (C=O) groups excluding carboxylic acids is 1. The van der Waals surface area contributed by atoms with Crippen molar-refractivity contribution >= 4 is 5.91 Å². The summed E-state index contributed by atoms with van der Waals surface area (Å²) in [4.78, 5) is 12.0. The predicted molar refractivity (Wildman–Crippen MR) is 72.4 cm³/mol. The Morgan fingerprint density at radius 1 is 1.43 bits per heavy atom. The van der Waals surface area contributed by atoms with Gasteiger partial charge in [-0.3, -0.25) is 4.79 Å². The molecule has 1 atom stereocenters. The van der Waals surface area contributed by atoms with Crippen LogP contribution in [0.3, 0.4) is 0 Å². The minimum atomic E-state index is -0.566. The summed E-state index contributed by atoms with van der Waals surface area (Å²) in [6.45, 7) is 0.714. The average molecular weight is 295 g/mol. The lowest BCUT2D eigenvalue weighted by Gasteiger charge is -2.21. The molecule has 2 aliphatic rings. The van der Waals surface area contributed by atoms with Gasteiger partial charge in [0.1, 0.15) is 17.7 Å². The van der Waals surface area contributed by atoms with Crippen molar-refractivity contribution < 1.29 is 23.8 Å². The summed E-state index contributed by atoms with van der Waals surface area (Å²) in [7, 11) is 0. The van der Waals surface area contributed by atoms with Crippen LogP contribution in [0.5, 0.6) is 5.75 Å². The maximum Gasteiger partial charge on any atom is 0.255 e. The van der Waals surface area contributed by atoms with E-state index in [-0.39, 0.29) is 24.0 Å². The Labute approximate surface area is 122 Å². The van der Waals surface area contributed by atoms with Crippen molar-refractivity contribution in [2.24, 2.45) is 0 Å². The molecule has 1 spiro atoms. The molecule has 1 unspecified atom stereocenters. The predicted octanol–water partition coefficient (Wildman–Crippen LogP) is 1.95. The van der Waals surface area contributed by atoms with Crippen molar-refractivity contribution in [1.82, 2.24) is 5.32 Å². The van der Waals surface area contributed by atoms with E-state index in [0.717, 1.165) is 43.9 Å². The van der Waals surface area contributed by atoms with Crippen LogP contribution >= 0.6 is 0 Å². The van der Waals surface area contributed by atoms with E-state index >= 15 is 0 Å². The average Bonchev–Trinajstić information content (AvgIpc) is 3.09. The molecule has 0 radical (unpaired) electrons. The molecule has 1 aromatic rings. The number of phenols is 1. The lowest BCUT2D eigenvalue weighted by Crippen LogP contribution is -2.35. The smallest absolute Gasteiger partial charge is 0.255 e. The maximum absolute atomic E-state index is 13.1. The highest BCUT2D eigenvalue weighted by Gasteiger charge is 2.43. The summed E-state index contributed by atoms with van der Waals surface area (Å²) in [5.41, 5.74) is -0.0792. The number of carbonyl (C=O) groups is 1. The third-order valence-corrected chi connectivity index (χ3v) is 3.97. The van der Waals surface area contributed by atoms with Crippen LogP contribution in [0.1, 0.15) is 36.0 Å². The third-order valence-electron chi connectivity index (χ3n) is 3.97. The van der Waals surface area contributed by atoms with Gasteiger partial charge in [-0.25, -0.2) is 4.39 Å². The quantitative estimate of drug-likeness (QED) is 0.894. The fourth-order valence-electron chi connectivity index (χ4n) is 2.88. The molecule has 21 heavy (non-hydrogen) atoms. The van der Waals surface area contributed by atoms with Crippen LogP contribution in [0.25, 0.3) is 0 Å². The van der Waals surface area contributed by atoms with Crippen molar-refractivity contribution in [3.63, 3.8) is 0 Å². The topological polar surface area (TPSA) is 67.8 Å². The molecule has 1 aliphatic carbocycles. The maximum atomic E-state index is 13.1. The Morgan fingerprint density at radius 2 is 2.19 bits per heavy atom. The van der Waals surface area contributed by atoms with E-state index in [1.165, 1.54) is 0 Å². The summed E-state index contributed by atoms with van der Waals surface area (Å²) in [6, 6.07) is 3.27. The lowest BCUT2D eigenvalue weighted by molar-refractivity contribution is -0.161. The molecule has 0 bridgehead atoms. The minimum Gasteiger partial charge on any atom is -0.507 e. The number of hydrogen-bond donors (Lipinski definition) is 2. The largest absolute Gasteiger partial charge is 0.507 e. The van der Waals surface area contributed by atoms with E-state index in [4.69, 9.17) is 9.47 Å². The normalized spacial score (nSPS) is 23.6. The molecule has 1 saturated carbocycles. The highest BCUT2D eigenvalue weighted by atomic mass is 19.1. The highest BCUT2D eigenvalue weighted by molar-refractivity contribution is 5.96. The number of benzene rings is 1. The number of nitrogens with one attached hydrogen (secondary N) is 1. The summed E-state index contributed by atoms with van der Waals surface area (Å²) < 4.78 is 24.7. The highest BCUT2D eigenvalue weighted by Crippen LogP contribution is 2.39. The van der Waals surface area contributed by atoms with Crippen molar-refractivity contribution in [1.29, 1.82) is 0 Å². The van der Waals surface area contributed by atoms with Gasteiger partial charge in [-0.1, -0.05) is 0 Å². The van der Waals surface area contributed by atoms with Crippen LogP contribution in [0.2, 0.25) is 0 Å². The molecule has 2 fully saturated rings. The first-order valence-electron chi connectivity index (χ1n) is 7.16. The molecule has 1 amide bonds. The van der Waals surface area contributed by atoms with E-state index in [9.17, 15) is 14.3 Å². The molecule has 5 nitrogen and oxygen atoms in total. The number of ether oxygens (including phenoxy) is 2. The first kappa shape index (κ1) is 14.3. The standard InChI is InChI=1S/C15H18FNO4/c16-10-3-4-13(18)12(7-10)14(19)17-8-11-9-20-15(21-11)5-1-2-6-15/h3-4,7,11,18H,1-2,5-6,8-9H2,(H,17,19). The van der Waals surface area contributed by atoms with Crippen molar-refractivity contribution in [2.45, 2.75) is 37.6 Å². The van der Waals surface area contributed by atoms with Gasteiger partial charge in [0, 0.05) is 19.4 Å². The van der Waals surface area contributed by atoms with Gasteiger partial charge in [0.25, 0.3) is 5.91 Å². The fraction of sp³-hybridized carbons (Fsp3) is 0.533. The summed E-state index contributed by atoms with van der Waals surface area (Å²) in [5, 5.41) is 12.2. The number of rotatable bonds is 3. The Balaban J connectivity index is 1.56. The first-order valence-corrected chi connectivity index (χ1v) is 7.16. The molecule has 1 saturated heterocycles. The van der Waals surface area contributed by atoms with E-state index < -0.39 is 17.5 Å². The summed E-state index contributed by atoms with van der Waals surface area (Å²) in [5.74, 6) is -1.80. The molecule has 3 rings (SSSR count). The number of hydrogen-bond acceptors (Lipinski definition) is 4. The molecular weight excluding hydrogens is 277 g/mol. The molecule has 0 aromatic heterocycles. The zero-order valence-electron chi connectivity index (χ0n) is 11.6. The molecule has 114 valence electrons. The second-order valence-corrected chi connectivity index (χ2v) is 5.54. The zero-order valence-corrected chi connectivity index (χ0v) is 11.6. The van der Waals surface area contributed by atoms with Crippen LogP contribution in [0.4, 0.5) is 4.39 Å². The van der Waals surface area contributed by atoms with Crippen molar-refractivity contribution in [3.8, 4) is 5.75 Å². The summed E-state index contributed by atoms with van der Waals surface area (Å²) in [6.07, 6.45) is 3.76. The van der Waals surface area contributed by atoms with E-state index in [0.29, 0.717) is 6.61 Å². The number of halogens is 1. The van der Waals surface area contributed by atoms with Crippen LogP contribution in [-0.4, -0.2) is 36.1 Å². The molecule has 1 aliphatic heterocycles. The van der Waals surface area contributed by atoms with Gasteiger partial charge in [0.2, 0.25) is 0 Å². The van der Waals surface area contributed by atoms with E-state index in [1.54, 1.807) is 0 Å². The first-order chi connectivity index (χ1) is 10.1. The van der Waals surface area contributed by atoms with Crippen molar-refractivity contribution in [2.75, 3.05) is 13.2 Å². The van der Waals surface area contributed by atoms with Gasteiger partial charge >= 0.3 is 0 Å². The number of phenolic OH excluding ortho intramolecular Hbond substituents is 1. The van der Waals surface area contributed by atoms with Gasteiger partial charge in [-0.2, -0.15) is 0 Å².